The van der Waals surface area contributed by atoms with E-state index < -0.39 is 0 Å². The monoisotopic (exact) mass is 249 g/mol. The number of nitrogens with one attached hydrogen (secondary N) is 1. The third-order valence-corrected chi connectivity index (χ3v) is 4.27. The summed E-state index contributed by atoms with van der Waals surface area (Å²) in [7, 11) is 0. The number of rotatable bonds is 6. The number of hydrogen-bond acceptors (Lipinski definition) is 2. The summed E-state index contributed by atoms with van der Waals surface area (Å²) in [5, 5.41) is 3.53. The van der Waals surface area contributed by atoms with Crippen molar-refractivity contribution in [1.29, 1.82) is 0 Å². The van der Waals surface area contributed by atoms with Crippen LogP contribution in [-0.4, -0.2) is 16.1 Å². The van der Waals surface area contributed by atoms with Gasteiger partial charge in [0, 0.05) is 25.5 Å². The second-order valence-electron chi connectivity index (χ2n) is 5.62. The number of aryl methyl sites for hydroxylation is 1. The third kappa shape index (κ3) is 3.50. The fourth-order valence-electron chi connectivity index (χ4n) is 2.98. The molecule has 1 aliphatic rings. The molecular weight excluding hydrogens is 222 g/mol. The minimum absolute atomic E-state index is 0.847. The molecule has 0 amide bonds. The predicted molar refractivity (Wildman–Crippen MR) is 76.7 cm³/mol. The highest BCUT2D eigenvalue weighted by atomic mass is 15.2. The Kier molecular flexibility index (Phi) is 5.09. The second-order valence-corrected chi connectivity index (χ2v) is 5.62. The van der Waals surface area contributed by atoms with Crippen LogP contribution in [0.1, 0.15) is 52.4 Å². The van der Waals surface area contributed by atoms with Gasteiger partial charge in [0.2, 0.25) is 5.95 Å². The maximum absolute atomic E-state index is 4.40. The molecule has 102 valence electrons. The van der Waals surface area contributed by atoms with E-state index in [9.17, 15) is 0 Å². The summed E-state index contributed by atoms with van der Waals surface area (Å²) in [6.07, 6.45) is 12.1. The van der Waals surface area contributed by atoms with Gasteiger partial charge in [-0.3, -0.25) is 0 Å². The van der Waals surface area contributed by atoms with Crippen molar-refractivity contribution in [3.8, 4) is 0 Å². The van der Waals surface area contributed by atoms with Crippen molar-refractivity contribution in [2.24, 2.45) is 11.8 Å². The van der Waals surface area contributed by atoms with Crippen molar-refractivity contribution in [2.75, 3.05) is 11.9 Å². The molecule has 0 aromatic carbocycles. The molecule has 0 spiro atoms. The van der Waals surface area contributed by atoms with E-state index in [4.69, 9.17) is 0 Å². The standard InChI is InChI=1S/C15H27N3/c1-3-10-18-11-9-16-15(18)17-12-14-7-5-13(4-2)6-8-14/h9,11,13-14H,3-8,10,12H2,1-2H3,(H,16,17). The van der Waals surface area contributed by atoms with Crippen LogP contribution in [0.2, 0.25) is 0 Å². The molecule has 1 N–H and O–H groups in total. The number of aromatic nitrogens is 2. The Bertz CT molecular complexity index is 337. The summed E-state index contributed by atoms with van der Waals surface area (Å²) in [5.74, 6) is 2.89. The Balaban J connectivity index is 1.76. The SMILES string of the molecule is CCCn1ccnc1NCC1CCC(CC)CC1. The molecule has 0 saturated heterocycles. The first-order valence-electron chi connectivity index (χ1n) is 7.58. The Morgan fingerprint density at radius 1 is 1.22 bits per heavy atom. The molecule has 0 atom stereocenters. The molecule has 0 radical (unpaired) electrons. The van der Waals surface area contributed by atoms with Gasteiger partial charge in [0.05, 0.1) is 0 Å². The number of nitrogens with zero attached hydrogens (tertiary/aromatic N) is 2. The zero-order valence-corrected chi connectivity index (χ0v) is 11.9. The Morgan fingerprint density at radius 3 is 2.61 bits per heavy atom. The summed E-state index contributed by atoms with van der Waals surface area (Å²) >= 11 is 0. The molecule has 1 saturated carbocycles. The zero-order chi connectivity index (χ0) is 12.8. The summed E-state index contributed by atoms with van der Waals surface area (Å²) in [6, 6.07) is 0. The molecule has 0 unspecified atom stereocenters. The molecule has 2 rings (SSSR count). The van der Waals surface area contributed by atoms with Gasteiger partial charge in [-0.15, -0.1) is 0 Å². The molecule has 18 heavy (non-hydrogen) atoms. The second kappa shape index (κ2) is 6.81. The maximum atomic E-state index is 4.40. The minimum Gasteiger partial charge on any atom is -0.355 e. The number of imidazole rings is 1. The summed E-state index contributed by atoms with van der Waals surface area (Å²) in [5.41, 5.74) is 0. The topological polar surface area (TPSA) is 29.9 Å². The molecule has 1 aromatic rings. The third-order valence-electron chi connectivity index (χ3n) is 4.27. The minimum atomic E-state index is 0.847. The van der Waals surface area contributed by atoms with Crippen LogP contribution in [0.4, 0.5) is 5.95 Å². The predicted octanol–water partition coefficient (Wildman–Crippen LogP) is 3.92. The largest absolute Gasteiger partial charge is 0.355 e. The van der Waals surface area contributed by atoms with Crippen molar-refractivity contribution in [3.63, 3.8) is 0 Å². The van der Waals surface area contributed by atoms with Crippen molar-refractivity contribution in [1.82, 2.24) is 9.55 Å². The highest BCUT2D eigenvalue weighted by Crippen LogP contribution is 2.30. The average Bonchev–Trinajstić information content (AvgIpc) is 2.85. The normalized spacial score (nSPS) is 24.1. The molecule has 0 aliphatic heterocycles. The molecule has 1 heterocycles. The molecule has 0 bridgehead atoms. The lowest BCUT2D eigenvalue weighted by molar-refractivity contribution is 0.278. The van der Waals surface area contributed by atoms with Crippen LogP contribution in [-0.2, 0) is 6.54 Å². The van der Waals surface area contributed by atoms with Crippen LogP contribution in [0.15, 0.2) is 12.4 Å². The maximum Gasteiger partial charge on any atom is 0.202 e. The number of hydrogen-bond donors (Lipinski definition) is 1. The first-order chi connectivity index (χ1) is 8.83. The van der Waals surface area contributed by atoms with E-state index in [0.29, 0.717) is 0 Å². The van der Waals surface area contributed by atoms with Gasteiger partial charge in [-0.2, -0.15) is 0 Å². The molecular formula is C15H27N3. The van der Waals surface area contributed by atoms with Gasteiger partial charge >= 0.3 is 0 Å². The van der Waals surface area contributed by atoms with Gasteiger partial charge in [0.25, 0.3) is 0 Å². The van der Waals surface area contributed by atoms with E-state index in [0.717, 1.165) is 37.3 Å². The fourth-order valence-corrected chi connectivity index (χ4v) is 2.98. The first-order valence-corrected chi connectivity index (χ1v) is 7.58. The van der Waals surface area contributed by atoms with Gasteiger partial charge in [-0.05, 0) is 31.1 Å². The quantitative estimate of drug-likeness (QED) is 0.828. The van der Waals surface area contributed by atoms with Crippen LogP contribution in [0, 0.1) is 11.8 Å². The number of anilines is 1. The van der Waals surface area contributed by atoms with Gasteiger partial charge in [-0.25, -0.2) is 4.98 Å². The summed E-state index contributed by atoms with van der Waals surface area (Å²) in [6.45, 7) is 6.68. The van der Waals surface area contributed by atoms with Crippen LogP contribution in [0.5, 0.6) is 0 Å². The summed E-state index contributed by atoms with van der Waals surface area (Å²) < 4.78 is 2.22. The van der Waals surface area contributed by atoms with E-state index in [2.05, 4.69) is 34.9 Å². The van der Waals surface area contributed by atoms with Crippen LogP contribution < -0.4 is 5.32 Å². The Labute approximate surface area is 111 Å². The molecule has 1 fully saturated rings. The smallest absolute Gasteiger partial charge is 0.202 e. The van der Waals surface area contributed by atoms with E-state index >= 15 is 0 Å². The van der Waals surface area contributed by atoms with Crippen molar-refractivity contribution >= 4 is 5.95 Å². The van der Waals surface area contributed by atoms with Crippen molar-refractivity contribution < 1.29 is 0 Å². The summed E-state index contributed by atoms with van der Waals surface area (Å²) in [4.78, 5) is 4.40. The van der Waals surface area contributed by atoms with Gasteiger partial charge in [0.1, 0.15) is 0 Å². The lowest BCUT2D eigenvalue weighted by atomic mass is 9.81. The molecule has 1 aromatic heterocycles. The van der Waals surface area contributed by atoms with Gasteiger partial charge < -0.3 is 9.88 Å². The lowest BCUT2D eigenvalue weighted by Gasteiger charge is -2.28. The van der Waals surface area contributed by atoms with Crippen LogP contribution in [0.25, 0.3) is 0 Å². The Morgan fingerprint density at radius 2 is 1.94 bits per heavy atom. The highest BCUT2D eigenvalue weighted by Gasteiger charge is 2.19. The van der Waals surface area contributed by atoms with Crippen LogP contribution in [0.3, 0.4) is 0 Å². The molecule has 3 heteroatoms. The van der Waals surface area contributed by atoms with Crippen molar-refractivity contribution in [3.05, 3.63) is 12.4 Å². The van der Waals surface area contributed by atoms with Crippen LogP contribution >= 0.6 is 0 Å². The molecule has 3 nitrogen and oxygen atoms in total. The van der Waals surface area contributed by atoms with Crippen molar-refractivity contribution in [2.45, 2.75) is 58.9 Å². The fraction of sp³-hybridized carbons (Fsp3) is 0.800. The van der Waals surface area contributed by atoms with Gasteiger partial charge in [-0.1, -0.05) is 33.1 Å². The first kappa shape index (κ1) is 13.4. The van der Waals surface area contributed by atoms with Gasteiger partial charge in [0.15, 0.2) is 0 Å². The van der Waals surface area contributed by atoms with E-state index in [1.165, 1.54) is 32.1 Å². The van der Waals surface area contributed by atoms with E-state index in [-0.39, 0.29) is 0 Å². The Hall–Kier alpha value is -0.990. The lowest BCUT2D eigenvalue weighted by Crippen LogP contribution is -2.22. The van der Waals surface area contributed by atoms with E-state index in [1.54, 1.807) is 0 Å². The zero-order valence-electron chi connectivity index (χ0n) is 11.9. The average molecular weight is 249 g/mol. The highest BCUT2D eigenvalue weighted by molar-refractivity contribution is 5.25. The molecule has 1 aliphatic carbocycles. The van der Waals surface area contributed by atoms with E-state index in [1.807, 2.05) is 6.20 Å².